The number of anilines is 1. The quantitative estimate of drug-likeness (QED) is 0.682. The molecule has 20 heavy (non-hydrogen) atoms. The first kappa shape index (κ1) is 14.2. The molecule has 0 unspecified atom stereocenters. The summed E-state index contributed by atoms with van der Waals surface area (Å²) in [6.45, 7) is 0.122. The number of halogens is 3. The van der Waals surface area contributed by atoms with Gasteiger partial charge in [-0.2, -0.15) is 0 Å². The number of nitro groups is 1. The standard InChI is InChI=1S/C13H9ClF2N2O2/c14-11-5-9(15)2-1-8(11)7-17-13-6-10(18(19)20)3-4-12(13)16/h1-6,17H,7H2. The Morgan fingerprint density at radius 2 is 1.95 bits per heavy atom. The Kier molecular flexibility index (Phi) is 4.14. The van der Waals surface area contributed by atoms with Gasteiger partial charge in [-0.1, -0.05) is 17.7 Å². The van der Waals surface area contributed by atoms with Crippen LogP contribution < -0.4 is 5.32 Å². The molecule has 0 aromatic heterocycles. The Balaban J connectivity index is 2.18. The second-order valence-electron chi connectivity index (χ2n) is 4.01. The molecule has 0 aliphatic carbocycles. The largest absolute Gasteiger partial charge is 0.378 e. The highest BCUT2D eigenvalue weighted by molar-refractivity contribution is 6.31. The lowest BCUT2D eigenvalue weighted by atomic mass is 10.2. The zero-order valence-electron chi connectivity index (χ0n) is 10.1. The molecular formula is C13H9ClF2N2O2. The molecule has 104 valence electrons. The predicted molar refractivity (Wildman–Crippen MR) is 71.8 cm³/mol. The van der Waals surface area contributed by atoms with Gasteiger partial charge in [-0.15, -0.1) is 0 Å². The molecule has 4 nitrogen and oxygen atoms in total. The number of nitro benzene ring substituents is 1. The highest BCUT2D eigenvalue weighted by Gasteiger charge is 2.11. The van der Waals surface area contributed by atoms with Crippen molar-refractivity contribution in [3.8, 4) is 0 Å². The molecule has 1 N–H and O–H groups in total. The van der Waals surface area contributed by atoms with Crippen LogP contribution in [-0.2, 0) is 6.54 Å². The first-order valence-corrected chi connectivity index (χ1v) is 5.97. The number of benzene rings is 2. The van der Waals surface area contributed by atoms with E-state index in [2.05, 4.69) is 5.32 Å². The number of nitrogens with one attached hydrogen (secondary N) is 1. The van der Waals surface area contributed by atoms with Crippen molar-refractivity contribution < 1.29 is 13.7 Å². The van der Waals surface area contributed by atoms with E-state index >= 15 is 0 Å². The molecule has 0 aliphatic heterocycles. The summed E-state index contributed by atoms with van der Waals surface area (Å²) in [6.07, 6.45) is 0. The van der Waals surface area contributed by atoms with Crippen molar-refractivity contribution in [2.75, 3.05) is 5.32 Å². The summed E-state index contributed by atoms with van der Waals surface area (Å²) in [4.78, 5) is 10.0. The third-order valence-corrected chi connectivity index (χ3v) is 3.00. The summed E-state index contributed by atoms with van der Waals surface area (Å²) in [5.74, 6) is -1.09. The highest BCUT2D eigenvalue weighted by atomic mass is 35.5. The maximum absolute atomic E-state index is 13.5. The van der Waals surface area contributed by atoms with E-state index in [1.165, 1.54) is 12.1 Å². The van der Waals surface area contributed by atoms with Gasteiger partial charge in [0.05, 0.1) is 10.6 Å². The summed E-state index contributed by atoms with van der Waals surface area (Å²) in [7, 11) is 0. The van der Waals surface area contributed by atoms with E-state index in [0.29, 0.717) is 5.56 Å². The smallest absolute Gasteiger partial charge is 0.271 e. The third-order valence-electron chi connectivity index (χ3n) is 2.65. The zero-order valence-corrected chi connectivity index (χ0v) is 10.8. The topological polar surface area (TPSA) is 55.2 Å². The number of non-ortho nitro benzene ring substituents is 1. The van der Waals surface area contributed by atoms with E-state index in [1.54, 1.807) is 0 Å². The number of nitrogens with zero attached hydrogens (tertiary/aromatic N) is 1. The number of hydrogen-bond acceptors (Lipinski definition) is 3. The van der Waals surface area contributed by atoms with Gasteiger partial charge >= 0.3 is 0 Å². The van der Waals surface area contributed by atoms with Gasteiger partial charge in [-0.3, -0.25) is 10.1 Å². The van der Waals surface area contributed by atoms with E-state index < -0.39 is 16.6 Å². The molecule has 0 bridgehead atoms. The van der Waals surface area contributed by atoms with Crippen LogP contribution in [0.4, 0.5) is 20.2 Å². The zero-order chi connectivity index (χ0) is 14.7. The minimum absolute atomic E-state index is 0.0143. The SMILES string of the molecule is O=[N+]([O-])c1ccc(F)c(NCc2ccc(F)cc2Cl)c1. The van der Waals surface area contributed by atoms with Crippen LogP contribution in [-0.4, -0.2) is 4.92 Å². The van der Waals surface area contributed by atoms with Crippen molar-refractivity contribution >= 4 is 23.0 Å². The molecule has 0 aliphatic rings. The summed E-state index contributed by atoms with van der Waals surface area (Å²) in [5, 5.41) is 13.5. The van der Waals surface area contributed by atoms with Gasteiger partial charge < -0.3 is 5.32 Å². The Bertz CT molecular complexity index is 665. The lowest BCUT2D eigenvalue weighted by Gasteiger charge is -2.09. The van der Waals surface area contributed by atoms with Crippen molar-refractivity contribution in [2.24, 2.45) is 0 Å². The Morgan fingerprint density at radius 3 is 2.60 bits per heavy atom. The molecule has 0 saturated heterocycles. The summed E-state index contributed by atoms with van der Waals surface area (Å²) >= 11 is 5.84. The van der Waals surface area contributed by atoms with Crippen LogP contribution in [0, 0.1) is 21.7 Å². The minimum Gasteiger partial charge on any atom is -0.378 e. The molecule has 2 aromatic rings. The predicted octanol–water partition coefficient (Wildman–Crippen LogP) is 4.14. The molecule has 0 radical (unpaired) electrons. The van der Waals surface area contributed by atoms with E-state index in [0.717, 1.165) is 24.3 Å². The van der Waals surface area contributed by atoms with E-state index in [4.69, 9.17) is 11.6 Å². The third kappa shape index (κ3) is 3.21. The van der Waals surface area contributed by atoms with Crippen LogP contribution in [0.2, 0.25) is 5.02 Å². The summed E-state index contributed by atoms with van der Waals surface area (Å²) in [6, 6.07) is 7.00. The second kappa shape index (κ2) is 5.83. The average molecular weight is 299 g/mol. The maximum Gasteiger partial charge on any atom is 0.271 e. The summed E-state index contributed by atoms with van der Waals surface area (Å²) < 4.78 is 26.4. The first-order valence-electron chi connectivity index (χ1n) is 5.59. The number of hydrogen-bond donors (Lipinski definition) is 1. The van der Waals surface area contributed by atoms with Gasteiger partial charge in [0.1, 0.15) is 11.6 Å². The van der Waals surface area contributed by atoms with E-state index in [-0.39, 0.29) is 22.9 Å². The van der Waals surface area contributed by atoms with Crippen molar-refractivity contribution in [1.82, 2.24) is 0 Å². The van der Waals surface area contributed by atoms with Crippen molar-refractivity contribution in [3.05, 3.63) is 68.7 Å². The van der Waals surface area contributed by atoms with Crippen LogP contribution in [0.3, 0.4) is 0 Å². The monoisotopic (exact) mass is 298 g/mol. The van der Waals surface area contributed by atoms with Gasteiger partial charge in [-0.05, 0) is 23.8 Å². The van der Waals surface area contributed by atoms with Crippen molar-refractivity contribution in [3.63, 3.8) is 0 Å². The van der Waals surface area contributed by atoms with Gasteiger partial charge in [0.15, 0.2) is 0 Å². The van der Waals surface area contributed by atoms with Gasteiger partial charge in [0.2, 0.25) is 0 Å². The van der Waals surface area contributed by atoms with Crippen LogP contribution in [0.15, 0.2) is 36.4 Å². The average Bonchev–Trinajstić information content (AvgIpc) is 2.39. The molecule has 0 amide bonds. The summed E-state index contributed by atoms with van der Waals surface area (Å²) in [5.41, 5.74) is 0.317. The second-order valence-corrected chi connectivity index (χ2v) is 4.42. The van der Waals surface area contributed by atoms with Crippen LogP contribution in [0.25, 0.3) is 0 Å². The molecule has 0 heterocycles. The maximum atomic E-state index is 13.5. The fourth-order valence-electron chi connectivity index (χ4n) is 1.62. The van der Waals surface area contributed by atoms with Crippen LogP contribution in [0.5, 0.6) is 0 Å². The molecule has 0 atom stereocenters. The van der Waals surface area contributed by atoms with Crippen LogP contribution in [0.1, 0.15) is 5.56 Å². The molecule has 2 aromatic carbocycles. The Labute approximate surface area is 118 Å². The minimum atomic E-state index is -0.617. The van der Waals surface area contributed by atoms with Crippen molar-refractivity contribution in [2.45, 2.75) is 6.54 Å². The molecule has 0 saturated carbocycles. The molecular weight excluding hydrogens is 290 g/mol. The fourth-order valence-corrected chi connectivity index (χ4v) is 1.85. The van der Waals surface area contributed by atoms with Crippen molar-refractivity contribution in [1.29, 1.82) is 0 Å². The Morgan fingerprint density at radius 1 is 1.20 bits per heavy atom. The fraction of sp³-hybridized carbons (Fsp3) is 0.0769. The van der Waals surface area contributed by atoms with Gasteiger partial charge in [0, 0.05) is 23.7 Å². The molecule has 7 heteroatoms. The molecule has 0 spiro atoms. The van der Waals surface area contributed by atoms with Gasteiger partial charge in [0.25, 0.3) is 5.69 Å². The lowest BCUT2D eigenvalue weighted by molar-refractivity contribution is -0.384. The normalized spacial score (nSPS) is 10.3. The first-order chi connectivity index (χ1) is 9.47. The number of rotatable bonds is 4. The molecule has 0 fully saturated rings. The van der Waals surface area contributed by atoms with E-state index in [1.807, 2.05) is 0 Å². The lowest BCUT2D eigenvalue weighted by Crippen LogP contribution is -2.03. The Hall–Kier alpha value is -2.21. The molecule has 2 rings (SSSR count). The highest BCUT2D eigenvalue weighted by Crippen LogP contribution is 2.23. The van der Waals surface area contributed by atoms with Gasteiger partial charge in [-0.25, -0.2) is 8.78 Å². The van der Waals surface area contributed by atoms with E-state index in [9.17, 15) is 18.9 Å². The van der Waals surface area contributed by atoms with Crippen LogP contribution >= 0.6 is 11.6 Å².